The third-order valence-corrected chi connectivity index (χ3v) is 7.54. The van der Waals surface area contributed by atoms with Gasteiger partial charge in [-0.3, -0.25) is 0 Å². The Labute approximate surface area is 211 Å². The summed E-state index contributed by atoms with van der Waals surface area (Å²) in [4.78, 5) is 0. The maximum atomic E-state index is 6.20. The molecule has 4 rings (SSSR count). The van der Waals surface area contributed by atoms with Crippen LogP contribution in [0.4, 0.5) is 0 Å². The molecule has 3 aromatic carbocycles. The quantitative estimate of drug-likeness (QED) is 0.344. The van der Waals surface area contributed by atoms with Gasteiger partial charge in [-0.05, 0) is 85.6 Å². The first-order valence-corrected chi connectivity index (χ1v) is 12.3. The lowest BCUT2D eigenvalue weighted by molar-refractivity contribution is 0.282. The molecule has 1 aliphatic heterocycles. The summed E-state index contributed by atoms with van der Waals surface area (Å²) < 4.78 is 24.8. The van der Waals surface area contributed by atoms with E-state index in [1.165, 1.54) is 11.1 Å². The van der Waals surface area contributed by atoms with Gasteiger partial charge in [0.15, 0.2) is 23.0 Å². The number of hydrogen-bond donors (Lipinski definition) is 1. The topological polar surface area (TPSA) is 49.0 Å². The van der Waals surface area contributed by atoms with Gasteiger partial charge >= 0.3 is 0 Å². The molecule has 0 radical (unpaired) electrons. The Morgan fingerprint density at radius 2 is 1.64 bits per heavy atom. The molecule has 33 heavy (non-hydrogen) atoms. The Balaban J connectivity index is 1.65. The number of rotatable bonds is 8. The standard InChI is InChI=1S/C26H27Br2NO4/c1-30-20-10-9-18(23(27)26(20)33-15-16-7-5-4-6-8-16)13-19-22-17(11-12-29-19)14-21(31-2)25(32-3)24(22)28/h4-10,14,19,29H,11-13,15H2,1-3H3. The molecule has 174 valence electrons. The Bertz CT molecular complexity index is 1120. The molecule has 0 spiro atoms. The predicted octanol–water partition coefficient (Wildman–Crippen LogP) is 6.25. The molecule has 1 atom stereocenters. The summed E-state index contributed by atoms with van der Waals surface area (Å²) in [5.41, 5.74) is 4.69. The van der Waals surface area contributed by atoms with Crippen molar-refractivity contribution in [1.29, 1.82) is 0 Å². The van der Waals surface area contributed by atoms with Gasteiger partial charge in [0.1, 0.15) is 6.61 Å². The molecule has 0 bridgehead atoms. The van der Waals surface area contributed by atoms with Crippen LogP contribution in [-0.4, -0.2) is 27.9 Å². The highest BCUT2D eigenvalue weighted by atomic mass is 79.9. The normalized spacial score (nSPS) is 15.0. The summed E-state index contributed by atoms with van der Waals surface area (Å²) in [6, 6.07) is 16.4. The van der Waals surface area contributed by atoms with Gasteiger partial charge in [0.05, 0.1) is 30.3 Å². The van der Waals surface area contributed by atoms with E-state index in [1.54, 1.807) is 21.3 Å². The van der Waals surface area contributed by atoms with Gasteiger partial charge in [-0.2, -0.15) is 0 Å². The summed E-state index contributed by atoms with van der Waals surface area (Å²) in [5, 5.41) is 3.67. The molecule has 0 fully saturated rings. The van der Waals surface area contributed by atoms with E-state index in [9.17, 15) is 0 Å². The van der Waals surface area contributed by atoms with Gasteiger partial charge in [-0.25, -0.2) is 0 Å². The summed E-state index contributed by atoms with van der Waals surface area (Å²) in [6.45, 7) is 1.36. The zero-order chi connectivity index (χ0) is 23.4. The first-order valence-electron chi connectivity index (χ1n) is 10.8. The first-order chi connectivity index (χ1) is 16.1. The van der Waals surface area contributed by atoms with E-state index >= 15 is 0 Å². The van der Waals surface area contributed by atoms with E-state index in [2.05, 4.69) is 49.3 Å². The monoisotopic (exact) mass is 575 g/mol. The minimum Gasteiger partial charge on any atom is -0.493 e. The number of nitrogens with one attached hydrogen (secondary N) is 1. The van der Waals surface area contributed by atoms with Crippen molar-refractivity contribution >= 4 is 31.9 Å². The van der Waals surface area contributed by atoms with Crippen LogP contribution in [0.2, 0.25) is 0 Å². The van der Waals surface area contributed by atoms with Crippen molar-refractivity contribution in [3.8, 4) is 23.0 Å². The van der Waals surface area contributed by atoms with Crippen LogP contribution in [0.15, 0.2) is 57.5 Å². The van der Waals surface area contributed by atoms with E-state index in [1.807, 2.05) is 36.4 Å². The largest absolute Gasteiger partial charge is 0.493 e. The lowest BCUT2D eigenvalue weighted by Crippen LogP contribution is -2.32. The van der Waals surface area contributed by atoms with Crippen LogP contribution < -0.4 is 24.3 Å². The second-order valence-electron chi connectivity index (χ2n) is 7.80. The molecule has 1 N–H and O–H groups in total. The zero-order valence-electron chi connectivity index (χ0n) is 18.9. The van der Waals surface area contributed by atoms with Gasteiger partial charge in [0.25, 0.3) is 0 Å². The Hall–Kier alpha value is -2.22. The van der Waals surface area contributed by atoms with Crippen LogP contribution in [0.3, 0.4) is 0 Å². The van der Waals surface area contributed by atoms with Crippen molar-refractivity contribution in [2.75, 3.05) is 27.9 Å². The molecule has 0 saturated carbocycles. The lowest BCUT2D eigenvalue weighted by atomic mass is 9.89. The molecule has 1 heterocycles. The van der Waals surface area contributed by atoms with Gasteiger partial charge in [0, 0.05) is 6.04 Å². The van der Waals surface area contributed by atoms with Crippen molar-refractivity contribution in [3.63, 3.8) is 0 Å². The molecular formula is C26H27Br2NO4. The summed E-state index contributed by atoms with van der Waals surface area (Å²) >= 11 is 7.57. The number of halogens is 2. The average Bonchev–Trinajstić information content (AvgIpc) is 2.84. The van der Waals surface area contributed by atoms with E-state index in [4.69, 9.17) is 18.9 Å². The minimum absolute atomic E-state index is 0.106. The maximum absolute atomic E-state index is 6.20. The van der Waals surface area contributed by atoms with Gasteiger partial charge in [-0.1, -0.05) is 36.4 Å². The summed E-state index contributed by atoms with van der Waals surface area (Å²) in [7, 11) is 4.99. The SMILES string of the molecule is COc1ccc(CC2NCCc3cc(OC)c(OC)c(Br)c32)c(Br)c1OCc1ccccc1. The second-order valence-corrected chi connectivity index (χ2v) is 9.39. The van der Waals surface area contributed by atoms with Crippen molar-refractivity contribution in [2.24, 2.45) is 0 Å². The Morgan fingerprint density at radius 3 is 2.33 bits per heavy atom. The molecule has 5 nitrogen and oxygen atoms in total. The molecule has 0 aliphatic carbocycles. The highest BCUT2D eigenvalue weighted by molar-refractivity contribution is 9.11. The van der Waals surface area contributed by atoms with E-state index < -0.39 is 0 Å². The Kier molecular flexibility index (Phi) is 7.83. The maximum Gasteiger partial charge on any atom is 0.176 e. The van der Waals surface area contributed by atoms with Crippen LogP contribution >= 0.6 is 31.9 Å². The summed E-state index contributed by atoms with van der Waals surface area (Å²) in [5.74, 6) is 2.86. The van der Waals surface area contributed by atoms with Crippen molar-refractivity contribution < 1.29 is 18.9 Å². The number of hydrogen-bond acceptors (Lipinski definition) is 5. The smallest absolute Gasteiger partial charge is 0.176 e. The first kappa shape index (κ1) is 23.9. The van der Waals surface area contributed by atoms with Crippen LogP contribution in [0.5, 0.6) is 23.0 Å². The fourth-order valence-corrected chi connectivity index (χ4v) is 5.73. The van der Waals surface area contributed by atoms with Crippen molar-refractivity contribution in [3.05, 3.63) is 79.7 Å². The van der Waals surface area contributed by atoms with Crippen LogP contribution in [0, 0.1) is 0 Å². The average molecular weight is 577 g/mol. The molecule has 7 heteroatoms. The molecule has 3 aromatic rings. The second kappa shape index (κ2) is 10.8. The van der Waals surface area contributed by atoms with Gasteiger partial charge < -0.3 is 24.3 Å². The molecule has 0 amide bonds. The van der Waals surface area contributed by atoms with Gasteiger partial charge in [0.2, 0.25) is 0 Å². The third kappa shape index (κ3) is 5.00. The summed E-state index contributed by atoms with van der Waals surface area (Å²) in [6.07, 6.45) is 1.70. The van der Waals surface area contributed by atoms with Crippen LogP contribution in [0.1, 0.15) is 28.3 Å². The van der Waals surface area contributed by atoms with Crippen LogP contribution in [0.25, 0.3) is 0 Å². The minimum atomic E-state index is 0.106. The molecular weight excluding hydrogens is 550 g/mol. The van der Waals surface area contributed by atoms with Crippen molar-refractivity contribution in [1.82, 2.24) is 5.32 Å². The van der Waals surface area contributed by atoms with E-state index in [0.717, 1.165) is 45.2 Å². The molecule has 1 aliphatic rings. The van der Waals surface area contributed by atoms with E-state index in [-0.39, 0.29) is 6.04 Å². The van der Waals surface area contributed by atoms with Crippen molar-refractivity contribution in [2.45, 2.75) is 25.5 Å². The Morgan fingerprint density at radius 1 is 0.879 bits per heavy atom. The van der Waals surface area contributed by atoms with Crippen LogP contribution in [-0.2, 0) is 19.4 Å². The van der Waals surface area contributed by atoms with E-state index in [0.29, 0.717) is 23.9 Å². The fraction of sp³-hybridized carbons (Fsp3) is 0.308. The number of methoxy groups -OCH3 is 3. The number of ether oxygens (including phenoxy) is 4. The number of benzene rings is 3. The third-order valence-electron chi connectivity index (χ3n) is 5.88. The highest BCUT2D eigenvalue weighted by Gasteiger charge is 2.28. The number of fused-ring (bicyclic) bond motifs is 1. The molecule has 0 saturated heterocycles. The zero-order valence-corrected chi connectivity index (χ0v) is 22.1. The lowest BCUT2D eigenvalue weighted by Gasteiger charge is -2.30. The molecule has 1 unspecified atom stereocenters. The predicted molar refractivity (Wildman–Crippen MR) is 137 cm³/mol. The fourth-order valence-electron chi connectivity index (χ4n) is 4.24. The van der Waals surface area contributed by atoms with Gasteiger partial charge in [-0.15, -0.1) is 0 Å². The molecule has 0 aromatic heterocycles. The highest BCUT2D eigenvalue weighted by Crippen LogP contribution is 2.45.